The molecule has 4 rings (SSSR count). The molecule has 36 heavy (non-hydrogen) atoms. The normalized spacial score (nSPS) is 40.9. The van der Waals surface area contributed by atoms with Crippen molar-refractivity contribution in [1.29, 1.82) is 0 Å². The third kappa shape index (κ3) is 5.67. The standard InChI is InChI=1S/C30H56N4O2/c1-21(4-9-28(36)33-16-19-34(17-14-31)18-15-32)25-7-8-26-24-6-5-22-20-23(35)10-12-29(22,2)27(24)11-13-30(25,26)3/h21-27,35H,4-20,31-32H2,1-3H3,(H,33,36)/t21-,22-,23?,24+,25-,26+,27+,29+,30-/m1/s1. The number of aliphatic hydroxyl groups is 1. The van der Waals surface area contributed by atoms with Crippen LogP contribution in [0.25, 0.3) is 0 Å². The highest BCUT2D eigenvalue weighted by molar-refractivity contribution is 5.75. The summed E-state index contributed by atoms with van der Waals surface area (Å²) in [6, 6.07) is 0. The molecule has 0 aliphatic heterocycles. The number of nitrogens with one attached hydrogen (secondary N) is 1. The molecule has 4 aliphatic carbocycles. The van der Waals surface area contributed by atoms with Gasteiger partial charge in [-0.3, -0.25) is 9.69 Å². The van der Waals surface area contributed by atoms with Gasteiger partial charge in [-0.15, -0.1) is 0 Å². The predicted molar refractivity (Wildman–Crippen MR) is 147 cm³/mol. The average Bonchev–Trinajstić information content (AvgIpc) is 3.20. The maximum absolute atomic E-state index is 12.6. The molecule has 6 heteroatoms. The lowest BCUT2D eigenvalue weighted by Crippen LogP contribution is -2.54. The highest BCUT2D eigenvalue weighted by atomic mass is 16.3. The SMILES string of the molecule is C[C@H](CCC(=O)NCCN(CCN)CCN)[C@H]1CC[C@H]2[C@@H]3CC[C@@H]4CC(O)CC[C@]4(C)[C@H]3CC[C@]12C. The first-order valence-electron chi connectivity index (χ1n) is 15.3. The van der Waals surface area contributed by atoms with Gasteiger partial charge in [0.05, 0.1) is 6.10 Å². The Labute approximate surface area is 220 Å². The third-order valence-corrected chi connectivity index (χ3v) is 11.9. The zero-order chi connectivity index (χ0) is 25.9. The summed E-state index contributed by atoms with van der Waals surface area (Å²) in [5.74, 6) is 4.88. The van der Waals surface area contributed by atoms with Crippen LogP contribution in [0, 0.1) is 46.3 Å². The molecule has 1 unspecified atom stereocenters. The fraction of sp³-hybridized carbons (Fsp3) is 0.967. The molecule has 0 aromatic rings. The first-order chi connectivity index (χ1) is 17.2. The fourth-order valence-electron chi connectivity index (χ4n) is 9.91. The number of amides is 1. The van der Waals surface area contributed by atoms with E-state index in [4.69, 9.17) is 11.5 Å². The lowest BCUT2D eigenvalue weighted by Gasteiger charge is -2.61. The zero-order valence-corrected chi connectivity index (χ0v) is 23.5. The molecule has 208 valence electrons. The zero-order valence-electron chi connectivity index (χ0n) is 23.5. The van der Waals surface area contributed by atoms with Crippen molar-refractivity contribution in [2.75, 3.05) is 39.3 Å². The first kappa shape index (κ1) is 28.3. The summed E-state index contributed by atoms with van der Waals surface area (Å²) in [6.45, 7) is 12.0. The van der Waals surface area contributed by atoms with E-state index in [2.05, 4.69) is 31.0 Å². The van der Waals surface area contributed by atoms with E-state index in [0.717, 1.165) is 68.5 Å². The van der Waals surface area contributed by atoms with Crippen LogP contribution in [-0.4, -0.2) is 61.3 Å². The van der Waals surface area contributed by atoms with E-state index in [-0.39, 0.29) is 12.0 Å². The van der Waals surface area contributed by atoms with Crippen molar-refractivity contribution >= 4 is 5.91 Å². The largest absolute Gasteiger partial charge is 0.393 e. The molecular formula is C30H56N4O2. The molecule has 0 saturated heterocycles. The van der Waals surface area contributed by atoms with Crippen molar-refractivity contribution in [3.05, 3.63) is 0 Å². The van der Waals surface area contributed by atoms with E-state index in [1.54, 1.807) is 0 Å². The van der Waals surface area contributed by atoms with Crippen LogP contribution in [0.1, 0.15) is 91.4 Å². The molecule has 4 saturated carbocycles. The van der Waals surface area contributed by atoms with Gasteiger partial charge >= 0.3 is 0 Å². The van der Waals surface area contributed by atoms with Crippen molar-refractivity contribution in [2.45, 2.75) is 97.5 Å². The quantitative estimate of drug-likeness (QED) is 0.343. The van der Waals surface area contributed by atoms with Gasteiger partial charge in [-0.05, 0) is 111 Å². The number of fused-ring (bicyclic) bond motifs is 5. The van der Waals surface area contributed by atoms with Gasteiger partial charge in [0.15, 0.2) is 0 Å². The summed E-state index contributed by atoms with van der Waals surface area (Å²) >= 11 is 0. The van der Waals surface area contributed by atoms with Crippen LogP contribution in [0.15, 0.2) is 0 Å². The molecule has 0 aromatic heterocycles. The Bertz CT molecular complexity index is 728. The summed E-state index contributed by atoms with van der Waals surface area (Å²) in [5, 5.41) is 13.4. The Morgan fingerprint density at radius 1 is 0.972 bits per heavy atom. The number of carbonyl (C=O) groups is 1. The summed E-state index contributed by atoms with van der Waals surface area (Å²) in [7, 11) is 0. The predicted octanol–water partition coefficient (Wildman–Crippen LogP) is 3.76. The van der Waals surface area contributed by atoms with E-state index in [0.29, 0.717) is 42.8 Å². The van der Waals surface area contributed by atoms with Crippen LogP contribution in [0.4, 0.5) is 0 Å². The third-order valence-electron chi connectivity index (χ3n) is 11.9. The van der Waals surface area contributed by atoms with Crippen LogP contribution in [0.3, 0.4) is 0 Å². The Hall–Kier alpha value is -0.690. The number of carbonyl (C=O) groups excluding carboxylic acids is 1. The Balaban J connectivity index is 1.28. The van der Waals surface area contributed by atoms with Crippen LogP contribution >= 0.6 is 0 Å². The number of hydrogen-bond acceptors (Lipinski definition) is 5. The van der Waals surface area contributed by atoms with Gasteiger partial charge in [-0.2, -0.15) is 0 Å². The molecular weight excluding hydrogens is 448 g/mol. The van der Waals surface area contributed by atoms with Crippen molar-refractivity contribution in [3.63, 3.8) is 0 Å². The lowest BCUT2D eigenvalue weighted by atomic mass is 9.44. The number of aliphatic hydroxyl groups excluding tert-OH is 1. The first-order valence-corrected chi connectivity index (χ1v) is 15.3. The second kappa shape index (κ2) is 12.0. The molecule has 6 nitrogen and oxygen atoms in total. The maximum Gasteiger partial charge on any atom is 0.220 e. The van der Waals surface area contributed by atoms with Gasteiger partial charge in [0.1, 0.15) is 0 Å². The minimum absolute atomic E-state index is 0.0572. The molecule has 6 N–H and O–H groups in total. The van der Waals surface area contributed by atoms with Gasteiger partial charge in [-0.25, -0.2) is 0 Å². The molecule has 4 aliphatic rings. The van der Waals surface area contributed by atoms with Crippen molar-refractivity contribution in [3.8, 4) is 0 Å². The lowest BCUT2D eigenvalue weighted by molar-refractivity contribution is -0.129. The summed E-state index contributed by atoms with van der Waals surface area (Å²) in [5.41, 5.74) is 12.3. The summed E-state index contributed by atoms with van der Waals surface area (Å²) < 4.78 is 0. The Kier molecular flexibility index (Phi) is 9.45. The highest BCUT2D eigenvalue weighted by Crippen LogP contribution is 2.68. The number of nitrogens with zero attached hydrogens (tertiary/aromatic N) is 1. The second-order valence-electron chi connectivity index (χ2n) is 13.6. The molecule has 0 bridgehead atoms. The van der Waals surface area contributed by atoms with Crippen molar-refractivity contribution < 1.29 is 9.90 Å². The Morgan fingerprint density at radius 2 is 1.67 bits per heavy atom. The Morgan fingerprint density at radius 3 is 2.39 bits per heavy atom. The van der Waals surface area contributed by atoms with Gasteiger partial charge in [0.25, 0.3) is 0 Å². The van der Waals surface area contributed by atoms with Crippen molar-refractivity contribution in [2.24, 2.45) is 57.8 Å². The molecule has 4 fully saturated rings. The van der Waals surface area contributed by atoms with Crippen molar-refractivity contribution in [1.82, 2.24) is 10.2 Å². The summed E-state index contributed by atoms with van der Waals surface area (Å²) in [4.78, 5) is 14.8. The average molecular weight is 505 g/mol. The van der Waals surface area contributed by atoms with Crippen LogP contribution in [-0.2, 0) is 4.79 Å². The maximum atomic E-state index is 12.6. The highest BCUT2D eigenvalue weighted by Gasteiger charge is 2.60. The molecule has 0 spiro atoms. The number of nitrogens with two attached hydrogens (primary N) is 2. The van der Waals surface area contributed by atoms with E-state index in [1.807, 2.05) is 0 Å². The molecule has 9 atom stereocenters. The minimum atomic E-state index is -0.0572. The monoisotopic (exact) mass is 504 g/mol. The van der Waals surface area contributed by atoms with Gasteiger partial charge in [0, 0.05) is 45.7 Å². The van der Waals surface area contributed by atoms with E-state index < -0.39 is 0 Å². The molecule has 1 amide bonds. The fourth-order valence-corrected chi connectivity index (χ4v) is 9.91. The second-order valence-corrected chi connectivity index (χ2v) is 13.6. The molecule has 0 aromatic carbocycles. The van der Waals surface area contributed by atoms with E-state index in [1.165, 1.54) is 44.9 Å². The van der Waals surface area contributed by atoms with E-state index >= 15 is 0 Å². The van der Waals surface area contributed by atoms with Gasteiger partial charge < -0.3 is 21.9 Å². The van der Waals surface area contributed by atoms with Crippen LogP contribution < -0.4 is 16.8 Å². The molecule has 0 radical (unpaired) electrons. The number of rotatable bonds is 11. The van der Waals surface area contributed by atoms with Gasteiger partial charge in [0.2, 0.25) is 5.91 Å². The van der Waals surface area contributed by atoms with E-state index in [9.17, 15) is 9.90 Å². The van der Waals surface area contributed by atoms with Crippen LogP contribution in [0.2, 0.25) is 0 Å². The molecule has 0 heterocycles. The van der Waals surface area contributed by atoms with Gasteiger partial charge in [-0.1, -0.05) is 20.8 Å². The minimum Gasteiger partial charge on any atom is -0.393 e. The summed E-state index contributed by atoms with van der Waals surface area (Å²) in [6.07, 6.45) is 13.1. The van der Waals surface area contributed by atoms with Crippen LogP contribution in [0.5, 0.6) is 0 Å². The number of hydrogen-bond donors (Lipinski definition) is 4. The smallest absolute Gasteiger partial charge is 0.220 e. The topological polar surface area (TPSA) is 105 Å².